The lowest BCUT2D eigenvalue weighted by atomic mass is 9.93. The number of carbonyl (C=O) groups is 2. The maximum absolute atomic E-state index is 12.8. The number of carboxylic acid groups (broad SMARTS) is 1. The Morgan fingerprint density at radius 3 is 2.65 bits per heavy atom. The van der Waals surface area contributed by atoms with Crippen molar-refractivity contribution in [2.24, 2.45) is 0 Å². The molecule has 0 radical (unpaired) electrons. The third kappa shape index (κ3) is 4.65. The highest BCUT2D eigenvalue weighted by Crippen LogP contribution is 2.35. The zero-order valence-corrected chi connectivity index (χ0v) is 18.4. The van der Waals surface area contributed by atoms with Crippen molar-refractivity contribution in [3.8, 4) is 11.3 Å². The van der Waals surface area contributed by atoms with Gasteiger partial charge >= 0.3 is 12.0 Å². The van der Waals surface area contributed by atoms with Crippen LogP contribution in [-0.2, 0) is 11.3 Å². The fourth-order valence-corrected chi connectivity index (χ4v) is 4.10. The summed E-state index contributed by atoms with van der Waals surface area (Å²) in [6.45, 7) is 2.30. The van der Waals surface area contributed by atoms with E-state index in [1.807, 2.05) is 41.1 Å². The van der Waals surface area contributed by atoms with Gasteiger partial charge in [-0.3, -0.25) is 10.1 Å². The molecule has 0 saturated carbocycles. The largest absolute Gasteiger partial charge is 0.478 e. The van der Waals surface area contributed by atoms with Crippen molar-refractivity contribution in [2.75, 3.05) is 6.54 Å². The molecule has 1 aliphatic rings. The molecule has 0 saturated heterocycles. The number of carbonyl (C=O) groups excluding carboxylic acids is 1. The summed E-state index contributed by atoms with van der Waals surface area (Å²) in [6, 6.07) is 14.1. The summed E-state index contributed by atoms with van der Waals surface area (Å²) in [5, 5.41) is 23.7. The number of non-ortho nitro benzene ring substituents is 1. The molecule has 0 spiro atoms. The van der Waals surface area contributed by atoms with E-state index in [-0.39, 0.29) is 23.5 Å². The SMILES string of the molecule is CC1=C(C(=O)O)C(c2cccc([N+](=O)[O-])c2)N(CCCn2cnc(-c3ccccc3)c2)C(=O)N1. The van der Waals surface area contributed by atoms with Crippen molar-refractivity contribution in [3.05, 3.63) is 94.1 Å². The van der Waals surface area contributed by atoms with Crippen LogP contribution in [0.15, 0.2) is 78.4 Å². The fraction of sp³-hybridized carbons (Fsp3) is 0.208. The summed E-state index contributed by atoms with van der Waals surface area (Å²) in [5.41, 5.74) is 2.22. The number of carboxylic acids is 1. The van der Waals surface area contributed by atoms with E-state index in [0.29, 0.717) is 18.5 Å². The molecule has 174 valence electrons. The smallest absolute Gasteiger partial charge is 0.335 e. The van der Waals surface area contributed by atoms with Crippen LogP contribution in [0.3, 0.4) is 0 Å². The van der Waals surface area contributed by atoms with Gasteiger partial charge in [-0.25, -0.2) is 14.6 Å². The van der Waals surface area contributed by atoms with Crippen molar-refractivity contribution in [1.82, 2.24) is 19.8 Å². The minimum Gasteiger partial charge on any atom is -0.478 e. The molecule has 3 aromatic rings. The van der Waals surface area contributed by atoms with Crippen molar-refractivity contribution >= 4 is 17.7 Å². The number of aryl methyl sites for hydroxylation is 1. The Hall–Kier alpha value is -4.47. The molecule has 0 fully saturated rings. The van der Waals surface area contributed by atoms with E-state index in [4.69, 9.17) is 0 Å². The molecule has 34 heavy (non-hydrogen) atoms. The van der Waals surface area contributed by atoms with E-state index < -0.39 is 23.0 Å². The van der Waals surface area contributed by atoms with Gasteiger partial charge in [0.25, 0.3) is 5.69 Å². The minimum absolute atomic E-state index is 0.0194. The molecular weight excluding hydrogens is 438 g/mol. The molecule has 0 aliphatic carbocycles. The molecule has 1 aromatic heterocycles. The van der Waals surface area contributed by atoms with Crippen LogP contribution in [0.25, 0.3) is 11.3 Å². The number of nitrogens with one attached hydrogen (secondary N) is 1. The highest BCUT2D eigenvalue weighted by molar-refractivity contribution is 5.93. The second-order valence-electron chi connectivity index (χ2n) is 7.94. The lowest BCUT2D eigenvalue weighted by Gasteiger charge is -2.37. The van der Waals surface area contributed by atoms with Gasteiger partial charge in [0.1, 0.15) is 0 Å². The highest BCUT2D eigenvalue weighted by Gasteiger charge is 2.38. The van der Waals surface area contributed by atoms with Gasteiger partial charge in [0, 0.05) is 42.7 Å². The second-order valence-corrected chi connectivity index (χ2v) is 7.94. The van der Waals surface area contributed by atoms with Crippen LogP contribution in [0.5, 0.6) is 0 Å². The highest BCUT2D eigenvalue weighted by atomic mass is 16.6. The summed E-state index contributed by atoms with van der Waals surface area (Å²) in [6.07, 6.45) is 4.15. The Morgan fingerprint density at radius 1 is 1.18 bits per heavy atom. The Balaban J connectivity index is 1.56. The fourth-order valence-electron chi connectivity index (χ4n) is 4.10. The predicted octanol–water partition coefficient (Wildman–Crippen LogP) is 3.97. The third-order valence-corrected chi connectivity index (χ3v) is 5.69. The van der Waals surface area contributed by atoms with Crippen molar-refractivity contribution < 1.29 is 19.6 Å². The molecule has 1 unspecified atom stereocenters. The van der Waals surface area contributed by atoms with Crippen LogP contribution < -0.4 is 5.32 Å². The first-order chi connectivity index (χ1) is 16.3. The maximum Gasteiger partial charge on any atom is 0.335 e. The van der Waals surface area contributed by atoms with Crippen LogP contribution in [0.4, 0.5) is 10.5 Å². The van der Waals surface area contributed by atoms with E-state index in [0.717, 1.165) is 11.3 Å². The Labute approximate surface area is 195 Å². The van der Waals surface area contributed by atoms with Gasteiger partial charge in [0.05, 0.1) is 28.6 Å². The monoisotopic (exact) mass is 461 g/mol. The van der Waals surface area contributed by atoms with Gasteiger partial charge < -0.3 is 19.9 Å². The van der Waals surface area contributed by atoms with Crippen molar-refractivity contribution in [3.63, 3.8) is 0 Å². The molecule has 1 aliphatic heterocycles. The third-order valence-electron chi connectivity index (χ3n) is 5.69. The number of rotatable bonds is 8. The van der Waals surface area contributed by atoms with Crippen LogP contribution >= 0.6 is 0 Å². The molecule has 10 nitrogen and oxygen atoms in total. The van der Waals surface area contributed by atoms with Gasteiger partial charge in [-0.05, 0) is 18.9 Å². The number of benzene rings is 2. The van der Waals surface area contributed by atoms with Crippen LogP contribution in [-0.4, -0.2) is 43.0 Å². The second kappa shape index (κ2) is 9.57. The summed E-state index contributed by atoms with van der Waals surface area (Å²) >= 11 is 0. The first kappa shape index (κ1) is 22.7. The van der Waals surface area contributed by atoms with Crippen LogP contribution in [0.1, 0.15) is 24.9 Å². The number of allylic oxidation sites excluding steroid dienone is 1. The minimum atomic E-state index is -1.19. The summed E-state index contributed by atoms with van der Waals surface area (Å²) in [7, 11) is 0. The number of aromatic nitrogens is 2. The average Bonchev–Trinajstić information content (AvgIpc) is 3.29. The number of nitro groups is 1. The van der Waals surface area contributed by atoms with E-state index in [1.54, 1.807) is 12.4 Å². The predicted molar refractivity (Wildman–Crippen MR) is 124 cm³/mol. The molecule has 2 aromatic carbocycles. The molecule has 10 heteroatoms. The number of nitro benzene ring substituents is 1. The maximum atomic E-state index is 12.8. The first-order valence-electron chi connectivity index (χ1n) is 10.7. The summed E-state index contributed by atoms with van der Waals surface area (Å²) in [4.78, 5) is 41.5. The topological polar surface area (TPSA) is 131 Å². The lowest BCUT2D eigenvalue weighted by molar-refractivity contribution is -0.384. The van der Waals surface area contributed by atoms with Crippen molar-refractivity contribution in [1.29, 1.82) is 0 Å². The Bertz CT molecular complexity index is 1270. The number of hydrogen-bond acceptors (Lipinski definition) is 5. The molecule has 1 atom stereocenters. The normalized spacial score (nSPS) is 15.9. The Morgan fingerprint density at radius 2 is 1.94 bits per heavy atom. The van der Waals surface area contributed by atoms with Gasteiger partial charge in [-0.2, -0.15) is 0 Å². The molecule has 2 amide bonds. The quantitative estimate of drug-likeness (QED) is 0.385. The van der Waals surface area contributed by atoms with Crippen LogP contribution in [0, 0.1) is 10.1 Å². The zero-order valence-electron chi connectivity index (χ0n) is 18.4. The number of urea groups is 1. The number of aliphatic carboxylic acids is 1. The van der Waals surface area contributed by atoms with Crippen LogP contribution in [0.2, 0.25) is 0 Å². The molecule has 0 bridgehead atoms. The number of nitrogens with zero attached hydrogens (tertiary/aromatic N) is 4. The standard InChI is InChI=1S/C24H23N5O5/c1-16-21(23(30)31)22(18-9-5-10-19(13-18)29(33)34)28(24(32)26-16)12-6-11-27-14-20(25-15-27)17-7-3-2-4-8-17/h2-5,7-10,13-15,22H,6,11-12H2,1H3,(H,26,32)(H,30,31). The van der Waals surface area contributed by atoms with E-state index >= 15 is 0 Å². The first-order valence-corrected chi connectivity index (χ1v) is 10.7. The van der Waals surface area contributed by atoms with E-state index in [2.05, 4.69) is 10.3 Å². The molecular formula is C24H23N5O5. The van der Waals surface area contributed by atoms with E-state index in [1.165, 1.54) is 30.0 Å². The van der Waals surface area contributed by atoms with Crippen molar-refractivity contribution in [2.45, 2.75) is 25.9 Å². The van der Waals surface area contributed by atoms with Gasteiger partial charge in [0.15, 0.2) is 0 Å². The van der Waals surface area contributed by atoms with Gasteiger partial charge in [-0.1, -0.05) is 42.5 Å². The molecule has 2 N–H and O–H groups in total. The zero-order chi connectivity index (χ0) is 24.2. The molecule has 2 heterocycles. The number of amides is 2. The summed E-state index contributed by atoms with van der Waals surface area (Å²) in [5.74, 6) is -1.19. The number of hydrogen-bond donors (Lipinski definition) is 2. The summed E-state index contributed by atoms with van der Waals surface area (Å²) < 4.78 is 1.91. The lowest BCUT2D eigenvalue weighted by Crippen LogP contribution is -2.48. The Kier molecular flexibility index (Phi) is 6.39. The average molecular weight is 461 g/mol. The number of imidazole rings is 1. The molecule has 4 rings (SSSR count). The van der Waals surface area contributed by atoms with E-state index in [9.17, 15) is 24.8 Å². The van der Waals surface area contributed by atoms with Gasteiger partial charge in [0.2, 0.25) is 0 Å². The van der Waals surface area contributed by atoms with Gasteiger partial charge in [-0.15, -0.1) is 0 Å².